The quantitative estimate of drug-likeness (QED) is 0.814. The van der Waals surface area contributed by atoms with Crippen molar-refractivity contribution in [1.29, 1.82) is 0 Å². The number of thioether (sulfide) groups is 1. The first-order valence-corrected chi connectivity index (χ1v) is 7.54. The molecule has 0 aliphatic carbocycles. The Kier molecular flexibility index (Phi) is 3.58. The van der Waals surface area contributed by atoms with Gasteiger partial charge in [0.05, 0.1) is 5.02 Å². The molecule has 3 rings (SSSR count). The number of hydrogen-bond acceptors (Lipinski definition) is 6. The van der Waals surface area contributed by atoms with E-state index in [0.717, 1.165) is 21.4 Å². The van der Waals surface area contributed by atoms with Crippen molar-refractivity contribution in [2.45, 2.75) is 10.1 Å². The molecule has 0 amide bonds. The standard InChI is InChI=1S/C11H9ClN2O2S2/c12-8-3-7(5-17-11-14-13-6-18-11)4-9-10(8)16-2-1-15-9/h3-4,6H,1-2,5H2. The Morgan fingerprint density at radius 3 is 3.06 bits per heavy atom. The molecule has 18 heavy (non-hydrogen) atoms. The molecule has 0 atom stereocenters. The number of ether oxygens (including phenoxy) is 2. The van der Waals surface area contributed by atoms with Gasteiger partial charge in [-0.25, -0.2) is 0 Å². The Morgan fingerprint density at radius 1 is 1.33 bits per heavy atom. The maximum atomic E-state index is 6.17. The molecule has 0 saturated heterocycles. The van der Waals surface area contributed by atoms with Crippen molar-refractivity contribution >= 4 is 34.7 Å². The Balaban J connectivity index is 1.78. The van der Waals surface area contributed by atoms with Crippen molar-refractivity contribution in [2.24, 2.45) is 0 Å². The van der Waals surface area contributed by atoms with Gasteiger partial charge in [-0.1, -0.05) is 34.7 Å². The first-order chi connectivity index (χ1) is 8.83. The third kappa shape index (κ3) is 2.55. The van der Waals surface area contributed by atoms with Crippen LogP contribution in [0.3, 0.4) is 0 Å². The highest BCUT2D eigenvalue weighted by Crippen LogP contribution is 2.39. The number of halogens is 1. The van der Waals surface area contributed by atoms with E-state index in [-0.39, 0.29) is 0 Å². The van der Waals surface area contributed by atoms with E-state index in [1.165, 1.54) is 11.3 Å². The number of nitrogens with zero attached hydrogens (tertiary/aromatic N) is 2. The van der Waals surface area contributed by atoms with Gasteiger partial charge in [0.2, 0.25) is 0 Å². The Morgan fingerprint density at radius 2 is 2.22 bits per heavy atom. The molecule has 1 aliphatic heterocycles. The van der Waals surface area contributed by atoms with Gasteiger partial charge in [-0.3, -0.25) is 0 Å². The van der Waals surface area contributed by atoms with E-state index < -0.39 is 0 Å². The predicted octanol–water partition coefficient (Wildman–Crippen LogP) is 3.26. The zero-order valence-electron chi connectivity index (χ0n) is 9.26. The molecule has 0 radical (unpaired) electrons. The summed E-state index contributed by atoms with van der Waals surface area (Å²) in [7, 11) is 0. The fraction of sp³-hybridized carbons (Fsp3) is 0.273. The van der Waals surface area contributed by atoms with Crippen LogP contribution < -0.4 is 9.47 Å². The van der Waals surface area contributed by atoms with Gasteiger partial charge >= 0.3 is 0 Å². The summed E-state index contributed by atoms with van der Waals surface area (Å²) in [6.45, 7) is 1.11. The molecule has 0 spiro atoms. The summed E-state index contributed by atoms with van der Waals surface area (Å²) in [6, 6.07) is 3.87. The summed E-state index contributed by atoms with van der Waals surface area (Å²) < 4.78 is 12.0. The van der Waals surface area contributed by atoms with Crippen LogP contribution in [0.4, 0.5) is 0 Å². The van der Waals surface area contributed by atoms with E-state index >= 15 is 0 Å². The molecule has 4 nitrogen and oxygen atoms in total. The lowest BCUT2D eigenvalue weighted by atomic mass is 10.2. The molecule has 1 aromatic heterocycles. The van der Waals surface area contributed by atoms with Crippen LogP contribution in [0.25, 0.3) is 0 Å². The Labute approximate surface area is 117 Å². The summed E-state index contributed by atoms with van der Waals surface area (Å²) in [4.78, 5) is 0. The number of aromatic nitrogens is 2. The highest BCUT2D eigenvalue weighted by molar-refractivity contribution is 8.00. The molecule has 0 unspecified atom stereocenters. The predicted molar refractivity (Wildman–Crippen MR) is 71.9 cm³/mol. The van der Waals surface area contributed by atoms with E-state index in [0.29, 0.717) is 24.0 Å². The topological polar surface area (TPSA) is 44.2 Å². The van der Waals surface area contributed by atoms with E-state index in [4.69, 9.17) is 21.1 Å². The second-order valence-corrected chi connectivity index (χ2v) is 6.06. The van der Waals surface area contributed by atoms with Crippen molar-refractivity contribution < 1.29 is 9.47 Å². The number of rotatable bonds is 3. The van der Waals surface area contributed by atoms with Gasteiger partial charge in [0.1, 0.15) is 18.7 Å². The molecule has 2 aromatic rings. The largest absolute Gasteiger partial charge is 0.486 e. The van der Waals surface area contributed by atoms with Crippen LogP contribution >= 0.6 is 34.7 Å². The fourth-order valence-corrected chi connectivity index (χ4v) is 3.32. The first-order valence-electron chi connectivity index (χ1n) is 5.30. The SMILES string of the molecule is Clc1cc(CSc2nncs2)cc2c1OCCO2. The Bertz CT molecular complexity index is 548. The number of fused-ring (bicyclic) bond motifs is 1. The summed E-state index contributed by atoms with van der Waals surface area (Å²) in [6.07, 6.45) is 0. The third-order valence-electron chi connectivity index (χ3n) is 2.36. The van der Waals surface area contributed by atoms with Gasteiger partial charge in [0.25, 0.3) is 0 Å². The average Bonchev–Trinajstić information content (AvgIpc) is 2.90. The molecule has 1 aliphatic rings. The molecule has 0 saturated carbocycles. The maximum Gasteiger partial charge on any atom is 0.179 e. The first kappa shape index (κ1) is 12.1. The van der Waals surface area contributed by atoms with Crippen molar-refractivity contribution in [3.05, 3.63) is 28.2 Å². The average molecular weight is 301 g/mol. The second-order valence-electron chi connectivity index (χ2n) is 3.60. The minimum atomic E-state index is 0.547. The molecule has 1 aromatic carbocycles. The minimum absolute atomic E-state index is 0.547. The molecule has 0 bridgehead atoms. The molecule has 94 valence electrons. The molecule has 7 heteroatoms. The van der Waals surface area contributed by atoms with Crippen LogP contribution in [-0.4, -0.2) is 23.4 Å². The van der Waals surface area contributed by atoms with Crippen LogP contribution in [-0.2, 0) is 5.75 Å². The van der Waals surface area contributed by atoms with Gasteiger partial charge in [-0.15, -0.1) is 10.2 Å². The van der Waals surface area contributed by atoms with Crippen LogP contribution in [0.5, 0.6) is 11.5 Å². The van der Waals surface area contributed by atoms with Crippen molar-refractivity contribution in [3.8, 4) is 11.5 Å². The molecule has 0 N–H and O–H groups in total. The van der Waals surface area contributed by atoms with Crippen LogP contribution in [0.15, 0.2) is 22.0 Å². The molecular weight excluding hydrogens is 292 g/mol. The Hall–Kier alpha value is -0.980. The normalized spacial score (nSPS) is 13.6. The maximum absolute atomic E-state index is 6.17. The highest BCUT2D eigenvalue weighted by Gasteiger charge is 2.16. The zero-order chi connectivity index (χ0) is 12.4. The summed E-state index contributed by atoms with van der Waals surface area (Å²) in [5.74, 6) is 2.15. The summed E-state index contributed by atoms with van der Waals surface area (Å²) >= 11 is 9.32. The van der Waals surface area contributed by atoms with Crippen molar-refractivity contribution in [3.63, 3.8) is 0 Å². The number of benzene rings is 1. The lowest BCUT2D eigenvalue weighted by molar-refractivity contribution is 0.171. The van der Waals surface area contributed by atoms with E-state index in [1.807, 2.05) is 12.1 Å². The zero-order valence-corrected chi connectivity index (χ0v) is 11.6. The smallest absolute Gasteiger partial charge is 0.179 e. The minimum Gasteiger partial charge on any atom is -0.486 e. The van der Waals surface area contributed by atoms with Crippen molar-refractivity contribution in [1.82, 2.24) is 10.2 Å². The summed E-state index contributed by atoms with van der Waals surface area (Å²) in [5.41, 5.74) is 2.81. The van der Waals surface area contributed by atoms with Gasteiger partial charge < -0.3 is 9.47 Å². The van der Waals surface area contributed by atoms with Gasteiger partial charge in [-0.2, -0.15) is 0 Å². The van der Waals surface area contributed by atoms with Gasteiger partial charge in [0.15, 0.2) is 15.8 Å². The lowest BCUT2D eigenvalue weighted by Gasteiger charge is -2.20. The molecule has 2 heterocycles. The van der Waals surface area contributed by atoms with Gasteiger partial charge in [0, 0.05) is 5.75 Å². The third-order valence-corrected chi connectivity index (χ3v) is 4.57. The highest BCUT2D eigenvalue weighted by atomic mass is 35.5. The van der Waals surface area contributed by atoms with Gasteiger partial charge in [-0.05, 0) is 17.7 Å². The second kappa shape index (κ2) is 5.34. The van der Waals surface area contributed by atoms with Crippen LogP contribution in [0.2, 0.25) is 5.02 Å². The van der Waals surface area contributed by atoms with Crippen LogP contribution in [0.1, 0.15) is 5.56 Å². The lowest BCUT2D eigenvalue weighted by Crippen LogP contribution is -2.15. The molecular formula is C11H9ClN2O2S2. The van der Waals surface area contributed by atoms with E-state index in [2.05, 4.69) is 10.2 Å². The van der Waals surface area contributed by atoms with Crippen molar-refractivity contribution in [2.75, 3.05) is 13.2 Å². The van der Waals surface area contributed by atoms with E-state index in [1.54, 1.807) is 17.3 Å². The fourth-order valence-electron chi connectivity index (χ4n) is 1.62. The number of hydrogen-bond donors (Lipinski definition) is 0. The monoisotopic (exact) mass is 300 g/mol. The molecule has 0 fully saturated rings. The van der Waals surface area contributed by atoms with E-state index in [9.17, 15) is 0 Å². The van der Waals surface area contributed by atoms with Crippen LogP contribution in [0, 0.1) is 0 Å². The summed E-state index contributed by atoms with van der Waals surface area (Å²) in [5, 5.41) is 8.38.